The van der Waals surface area contributed by atoms with Crippen molar-refractivity contribution in [3.63, 3.8) is 0 Å². The first-order chi connectivity index (χ1) is 10.4. The lowest BCUT2D eigenvalue weighted by Gasteiger charge is -2.34. The van der Waals surface area contributed by atoms with Crippen LogP contribution in [0.25, 0.3) is 0 Å². The number of benzene rings is 2. The van der Waals surface area contributed by atoms with Crippen LogP contribution in [0.5, 0.6) is 0 Å². The Morgan fingerprint density at radius 1 is 0.905 bits per heavy atom. The minimum atomic E-state index is 0.443. The second kappa shape index (κ2) is 6.91. The number of hydrogen-bond acceptors (Lipinski definition) is 1. The molecule has 1 unspecified atom stereocenters. The molecule has 1 fully saturated rings. The van der Waals surface area contributed by atoms with Crippen molar-refractivity contribution in [2.24, 2.45) is 5.92 Å². The summed E-state index contributed by atoms with van der Waals surface area (Å²) in [6, 6.07) is 22.4. The van der Waals surface area contributed by atoms with Gasteiger partial charge in [-0.15, -0.1) is 0 Å². The lowest BCUT2D eigenvalue weighted by molar-refractivity contribution is 0.256. The van der Waals surface area contributed by atoms with Crippen LogP contribution in [0.1, 0.15) is 42.7 Å². The average Bonchev–Trinajstić information content (AvgIpc) is 2.51. The molecule has 0 amide bonds. The monoisotopic (exact) mass is 279 g/mol. The number of hydrogen-bond donors (Lipinski definition) is 1. The van der Waals surface area contributed by atoms with Crippen LogP contribution < -0.4 is 5.32 Å². The Balaban J connectivity index is 1.90. The van der Waals surface area contributed by atoms with Gasteiger partial charge in [-0.05, 0) is 30.5 Å². The first-order valence-electron chi connectivity index (χ1n) is 8.15. The highest BCUT2D eigenvalue weighted by Crippen LogP contribution is 2.36. The Bertz CT molecular complexity index is 491. The third-order valence-electron chi connectivity index (χ3n) is 4.90. The Kier molecular flexibility index (Phi) is 4.72. The number of likely N-dealkylation sites (N-methyl/N-ethyl adjacent to an activating group) is 1. The zero-order chi connectivity index (χ0) is 14.5. The molecule has 3 rings (SSSR count). The summed E-state index contributed by atoms with van der Waals surface area (Å²) < 4.78 is 0. The number of rotatable bonds is 6. The van der Waals surface area contributed by atoms with Crippen molar-refractivity contribution in [1.29, 1.82) is 0 Å². The highest BCUT2D eigenvalue weighted by atomic mass is 14.9. The molecular weight excluding hydrogens is 254 g/mol. The molecule has 0 aliphatic heterocycles. The largest absolute Gasteiger partial charge is 0.316 e. The molecule has 110 valence electrons. The summed E-state index contributed by atoms with van der Waals surface area (Å²) in [5.41, 5.74) is 2.84. The summed E-state index contributed by atoms with van der Waals surface area (Å²) >= 11 is 0. The molecule has 1 aliphatic rings. The predicted molar refractivity (Wildman–Crippen MR) is 89.5 cm³/mol. The Labute approximate surface area is 128 Å². The molecule has 1 atom stereocenters. The standard InChI is InChI=1S/C20H25N/c1-21-19(15-16-9-8-10-16)20(17-11-4-2-5-12-17)18-13-6-3-7-14-18/h2-7,11-14,16,19-21H,8-10,15H2,1H3. The van der Waals surface area contributed by atoms with Crippen LogP contribution in [0.15, 0.2) is 60.7 Å². The molecule has 0 aromatic heterocycles. The second-order valence-electron chi connectivity index (χ2n) is 6.23. The van der Waals surface area contributed by atoms with Crippen molar-refractivity contribution >= 4 is 0 Å². The molecule has 1 nitrogen and oxygen atoms in total. The summed E-state index contributed by atoms with van der Waals surface area (Å²) in [5, 5.41) is 3.60. The van der Waals surface area contributed by atoms with Crippen LogP contribution in [0, 0.1) is 5.92 Å². The summed E-state index contributed by atoms with van der Waals surface area (Å²) in [7, 11) is 2.11. The fourth-order valence-electron chi connectivity index (χ4n) is 3.49. The molecule has 2 aromatic carbocycles. The molecule has 1 saturated carbocycles. The van der Waals surface area contributed by atoms with Crippen molar-refractivity contribution in [3.8, 4) is 0 Å². The second-order valence-corrected chi connectivity index (χ2v) is 6.23. The fraction of sp³-hybridized carbons (Fsp3) is 0.400. The van der Waals surface area contributed by atoms with Crippen molar-refractivity contribution in [2.75, 3.05) is 7.05 Å². The van der Waals surface area contributed by atoms with E-state index in [0.29, 0.717) is 12.0 Å². The van der Waals surface area contributed by atoms with Crippen LogP contribution >= 0.6 is 0 Å². The van der Waals surface area contributed by atoms with E-state index in [1.807, 2.05) is 0 Å². The molecule has 0 spiro atoms. The smallest absolute Gasteiger partial charge is 0.0243 e. The maximum absolute atomic E-state index is 3.60. The summed E-state index contributed by atoms with van der Waals surface area (Å²) in [5.74, 6) is 1.36. The van der Waals surface area contributed by atoms with Gasteiger partial charge in [-0.1, -0.05) is 79.9 Å². The molecule has 2 aromatic rings. The van der Waals surface area contributed by atoms with E-state index >= 15 is 0 Å². The van der Waals surface area contributed by atoms with Crippen LogP contribution in [-0.4, -0.2) is 13.1 Å². The quantitative estimate of drug-likeness (QED) is 0.815. The molecule has 0 saturated heterocycles. The fourth-order valence-corrected chi connectivity index (χ4v) is 3.49. The normalized spacial score (nSPS) is 16.7. The molecule has 21 heavy (non-hydrogen) atoms. The molecule has 1 N–H and O–H groups in total. The third-order valence-corrected chi connectivity index (χ3v) is 4.90. The van der Waals surface area contributed by atoms with E-state index < -0.39 is 0 Å². The lowest BCUT2D eigenvalue weighted by Crippen LogP contribution is -2.36. The summed E-state index contributed by atoms with van der Waals surface area (Å²) in [4.78, 5) is 0. The van der Waals surface area contributed by atoms with Crippen molar-refractivity contribution in [3.05, 3.63) is 71.8 Å². The van der Waals surface area contributed by atoms with Crippen molar-refractivity contribution < 1.29 is 0 Å². The number of nitrogens with one attached hydrogen (secondary N) is 1. The van der Waals surface area contributed by atoms with E-state index in [1.165, 1.54) is 36.8 Å². The van der Waals surface area contributed by atoms with Gasteiger partial charge in [0.1, 0.15) is 0 Å². The maximum atomic E-state index is 3.60. The first kappa shape index (κ1) is 14.3. The van der Waals surface area contributed by atoms with Crippen LogP contribution in [0.4, 0.5) is 0 Å². The highest BCUT2D eigenvalue weighted by Gasteiger charge is 2.28. The zero-order valence-corrected chi connectivity index (χ0v) is 12.8. The Morgan fingerprint density at radius 3 is 1.81 bits per heavy atom. The van der Waals surface area contributed by atoms with Gasteiger partial charge in [0.25, 0.3) is 0 Å². The van der Waals surface area contributed by atoms with E-state index in [0.717, 1.165) is 5.92 Å². The zero-order valence-electron chi connectivity index (χ0n) is 12.8. The van der Waals surface area contributed by atoms with Gasteiger partial charge in [0.15, 0.2) is 0 Å². The maximum Gasteiger partial charge on any atom is 0.0243 e. The van der Waals surface area contributed by atoms with Crippen molar-refractivity contribution in [1.82, 2.24) is 5.32 Å². The third kappa shape index (κ3) is 3.36. The Hall–Kier alpha value is -1.60. The van der Waals surface area contributed by atoms with Gasteiger partial charge in [-0.2, -0.15) is 0 Å². The van der Waals surface area contributed by atoms with Gasteiger partial charge in [-0.3, -0.25) is 0 Å². The van der Waals surface area contributed by atoms with Gasteiger partial charge < -0.3 is 5.32 Å². The van der Waals surface area contributed by atoms with Gasteiger partial charge >= 0.3 is 0 Å². The van der Waals surface area contributed by atoms with E-state index in [4.69, 9.17) is 0 Å². The van der Waals surface area contributed by atoms with E-state index in [1.54, 1.807) is 0 Å². The molecular formula is C20H25N. The summed E-state index contributed by atoms with van der Waals surface area (Å²) in [6.07, 6.45) is 5.52. The van der Waals surface area contributed by atoms with Crippen LogP contribution in [-0.2, 0) is 0 Å². The lowest BCUT2D eigenvalue weighted by atomic mass is 9.75. The average molecular weight is 279 g/mol. The van der Waals surface area contributed by atoms with Gasteiger partial charge in [0.05, 0.1) is 0 Å². The minimum absolute atomic E-state index is 0.443. The van der Waals surface area contributed by atoms with Gasteiger partial charge in [0.2, 0.25) is 0 Å². The van der Waals surface area contributed by atoms with Crippen LogP contribution in [0.3, 0.4) is 0 Å². The minimum Gasteiger partial charge on any atom is -0.316 e. The van der Waals surface area contributed by atoms with Gasteiger partial charge in [-0.25, -0.2) is 0 Å². The van der Waals surface area contributed by atoms with E-state index in [2.05, 4.69) is 73.0 Å². The Morgan fingerprint density at radius 2 is 1.43 bits per heavy atom. The molecule has 0 bridgehead atoms. The predicted octanol–water partition coefficient (Wildman–Crippen LogP) is 4.60. The SMILES string of the molecule is CNC(CC1CCC1)C(c1ccccc1)c1ccccc1. The van der Waals surface area contributed by atoms with E-state index in [9.17, 15) is 0 Å². The van der Waals surface area contributed by atoms with Gasteiger partial charge in [0, 0.05) is 12.0 Å². The first-order valence-corrected chi connectivity index (χ1v) is 8.15. The van der Waals surface area contributed by atoms with Crippen molar-refractivity contribution in [2.45, 2.75) is 37.6 Å². The van der Waals surface area contributed by atoms with Crippen LogP contribution in [0.2, 0.25) is 0 Å². The molecule has 0 heterocycles. The molecule has 1 heteroatoms. The highest BCUT2D eigenvalue weighted by molar-refractivity contribution is 5.34. The summed E-state index contributed by atoms with van der Waals surface area (Å²) in [6.45, 7) is 0. The molecule has 0 radical (unpaired) electrons. The van der Waals surface area contributed by atoms with E-state index in [-0.39, 0.29) is 0 Å². The topological polar surface area (TPSA) is 12.0 Å². The molecule has 1 aliphatic carbocycles.